The molecule has 0 bridgehead atoms. The number of anilines is 1. The van der Waals surface area contributed by atoms with Crippen molar-refractivity contribution in [2.24, 2.45) is 0 Å². The molecule has 34 heavy (non-hydrogen) atoms. The molecule has 7 nitrogen and oxygen atoms in total. The molecule has 0 radical (unpaired) electrons. The molecule has 1 unspecified atom stereocenters. The Bertz CT molecular complexity index is 1100. The maximum atomic E-state index is 13.6. The third-order valence-corrected chi connectivity index (χ3v) is 6.81. The first-order valence-electron chi connectivity index (χ1n) is 11.6. The second-order valence-electron chi connectivity index (χ2n) is 8.45. The molecular weight excluding hydrogens is 450 g/mol. The van der Waals surface area contributed by atoms with E-state index in [9.17, 15) is 14.4 Å². The van der Waals surface area contributed by atoms with Crippen LogP contribution in [-0.4, -0.2) is 30.3 Å². The Morgan fingerprint density at radius 2 is 1.79 bits per heavy atom. The quantitative estimate of drug-likeness (QED) is 0.494. The van der Waals surface area contributed by atoms with E-state index < -0.39 is 11.9 Å². The van der Waals surface area contributed by atoms with E-state index in [0.29, 0.717) is 22.1 Å². The lowest BCUT2D eigenvalue weighted by Crippen LogP contribution is -2.49. The Morgan fingerprint density at radius 3 is 2.44 bits per heavy atom. The van der Waals surface area contributed by atoms with E-state index in [4.69, 9.17) is 4.42 Å². The molecule has 2 heterocycles. The number of carbonyl (C=O) groups is 3. The van der Waals surface area contributed by atoms with Crippen molar-refractivity contribution >= 4 is 34.7 Å². The molecule has 1 aliphatic carbocycles. The highest BCUT2D eigenvalue weighted by Crippen LogP contribution is 2.30. The molecule has 0 spiro atoms. The van der Waals surface area contributed by atoms with E-state index in [-0.39, 0.29) is 24.4 Å². The smallest absolute Gasteiger partial charge is 0.261 e. The van der Waals surface area contributed by atoms with Crippen molar-refractivity contribution in [1.29, 1.82) is 0 Å². The van der Waals surface area contributed by atoms with Gasteiger partial charge in [-0.25, -0.2) is 0 Å². The third kappa shape index (κ3) is 5.75. The first kappa shape index (κ1) is 23.8. The van der Waals surface area contributed by atoms with Gasteiger partial charge in [0.25, 0.3) is 11.8 Å². The number of hydrogen-bond acceptors (Lipinski definition) is 5. The number of nitrogens with zero attached hydrogens (tertiary/aromatic N) is 1. The molecule has 1 aliphatic rings. The number of furan rings is 1. The van der Waals surface area contributed by atoms with Crippen LogP contribution < -0.4 is 15.5 Å². The maximum Gasteiger partial charge on any atom is 0.261 e. The lowest BCUT2D eigenvalue weighted by Gasteiger charge is -2.32. The molecule has 4 rings (SSSR count). The Kier molecular flexibility index (Phi) is 7.80. The van der Waals surface area contributed by atoms with E-state index in [1.54, 1.807) is 48.7 Å². The molecule has 1 saturated carbocycles. The number of benzene rings is 1. The fourth-order valence-electron chi connectivity index (χ4n) is 4.26. The van der Waals surface area contributed by atoms with Gasteiger partial charge in [-0.1, -0.05) is 43.5 Å². The highest BCUT2D eigenvalue weighted by Gasteiger charge is 2.36. The molecule has 3 aromatic rings. The summed E-state index contributed by atoms with van der Waals surface area (Å²) in [4.78, 5) is 41.5. The number of aryl methyl sites for hydroxylation is 1. The molecular formula is C26H29N3O4S. The zero-order valence-corrected chi connectivity index (χ0v) is 20.0. The van der Waals surface area contributed by atoms with E-state index in [1.807, 2.05) is 18.2 Å². The van der Waals surface area contributed by atoms with Gasteiger partial charge in [0, 0.05) is 11.7 Å². The van der Waals surface area contributed by atoms with Crippen molar-refractivity contribution in [3.8, 4) is 0 Å². The number of thiophene rings is 1. The van der Waals surface area contributed by atoms with Crippen molar-refractivity contribution in [3.63, 3.8) is 0 Å². The van der Waals surface area contributed by atoms with Crippen LogP contribution in [0.4, 0.5) is 5.69 Å². The number of para-hydroxylation sites is 1. The van der Waals surface area contributed by atoms with Crippen molar-refractivity contribution in [2.75, 3.05) is 11.4 Å². The maximum absolute atomic E-state index is 13.6. The van der Waals surface area contributed by atoms with Crippen LogP contribution in [0.15, 0.2) is 64.4 Å². The molecule has 3 amide bonds. The number of rotatable bonds is 8. The van der Waals surface area contributed by atoms with E-state index in [0.717, 1.165) is 25.7 Å². The van der Waals surface area contributed by atoms with Crippen LogP contribution >= 0.6 is 11.3 Å². The summed E-state index contributed by atoms with van der Waals surface area (Å²) in [5, 5.41) is 7.63. The van der Waals surface area contributed by atoms with Gasteiger partial charge in [0.15, 0.2) is 6.04 Å². The summed E-state index contributed by atoms with van der Waals surface area (Å²) in [6, 6.07) is 15.1. The minimum absolute atomic E-state index is 0.0751. The first-order chi connectivity index (χ1) is 16.5. The largest absolute Gasteiger partial charge is 0.464 e. The minimum atomic E-state index is -0.996. The number of hydrogen-bond donors (Lipinski definition) is 2. The molecule has 1 fully saturated rings. The van der Waals surface area contributed by atoms with Crippen LogP contribution in [-0.2, 0) is 9.59 Å². The summed E-state index contributed by atoms with van der Waals surface area (Å²) in [5.74, 6) is 0.00919. The van der Waals surface area contributed by atoms with Crippen LogP contribution in [0.25, 0.3) is 0 Å². The second-order valence-corrected chi connectivity index (χ2v) is 9.40. The number of nitrogens with one attached hydrogen (secondary N) is 2. The van der Waals surface area contributed by atoms with Crippen molar-refractivity contribution in [1.82, 2.24) is 10.6 Å². The highest BCUT2D eigenvalue weighted by atomic mass is 32.1. The number of amides is 3. The predicted molar refractivity (Wildman–Crippen MR) is 132 cm³/mol. The van der Waals surface area contributed by atoms with Gasteiger partial charge in [-0.05, 0) is 55.5 Å². The van der Waals surface area contributed by atoms with Gasteiger partial charge in [-0.3, -0.25) is 19.3 Å². The van der Waals surface area contributed by atoms with Gasteiger partial charge in [-0.15, -0.1) is 11.3 Å². The molecule has 1 atom stereocenters. The standard InChI is InChI=1S/C26H29N3O4S/c1-18-14-15-21(33-18)24(26(32)28-19-9-4-2-5-10-19)29(20-11-6-3-7-12-20)23(30)17-27-25(31)22-13-8-16-34-22/h3,6-8,11-16,19,24H,2,4-5,9-10,17H2,1H3,(H,27,31)(H,28,32). The molecule has 0 saturated heterocycles. The van der Waals surface area contributed by atoms with Crippen LogP contribution in [0.1, 0.15) is 59.3 Å². The molecule has 8 heteroatoms. The molecule has 2 N–H and O–H groups in total. The molecule has 1 aromatic carbocycles. The second kappa shape index (κ2) is 11.2. The Morgan fingerprint density at radius 1 is 1.03 bits per heavy atom. The van der Waals surface area contributed by atoms with E-state index >= 15 is 0 Å². The van der Waals surface area contributed by atoms with Crippen LogP contribution in [0.3, 0.4) is 0 Å². The fraction of sp³-hybridized carbons (Fsp3) is 0.346. The van der Waals surface area contributed by atoms with E-state index in [2.05, 4.69) is 10.6 Å². The van der Waals surface area contributed by atoms with Gasteiger partial charge in [0.1, 0.15) is 11.5 Å². The van der Waals surface area contributed by atoms with Crippen molar-refractivity contribution in [2.45, 2.75) is 51.1 Å². The summed E-state index contributed by atoms with van der Waals surface area (Å²) in [7, 11) is 0. The average molecular weight is 480 g/mol. The Labute approximate surface area is 203 Å². The third-order valence-electron chi connectivity index (χ3n) is 5.94. The summed E-state index contributed by atoms with van der Waals surface area (Å²) in [5.41, 5.74) is 0.552. The average Bonchev–Trinajstić information content (AvgIpc) is 3.54. The van der Waals surface area contributed by atoms with Gasteiger partial charge in [0.2, 0.25) is 5.91 Å². The Hall–Kier alpha value is -3.39. The monoisotopic (exact) mass is 479 g/mol. The van der Waals surface area contributed by atoms with E-state index in [1.165, 1.54) is 22.7 Å². The fourth-order valence-corrected chi connectivity index (χ4v) is 4.90. The van der Waals surface area contributed by atoms with Gasteiger partial charge < -0.3 is 15.1 Å². The van der Waals surface area contributed by atoms with Gasteiger partial charge in [0.05, 0.1) is 11.4 Å². The van der Waals surface area contributed by atoms with Crippen LogP contribution in [0, 0.1) is 6.92 Å². The lowest BCUT2D eigenvalue weighted by atomic mass is 9.95. The van der Waals surface area contributed by atoms with Crippen LogP contribution in [0.5, 0.6) is 0 Å². The zero-order chi connectivity index (χ0) is 23.9. The lowest BCUT2D eigenvalue weighted by molar-refractivity contribution is -0.127. The SMILES string of the molecule is Cc1ccc(C(C(=O)NC2CCCCC2)N(C(=O)CNC(=O)c2cccs2)c2ccccc2)o1. The molecule has 0 aliphatic heterocycles. The van der Waals surface area contributed by atoms with Gasteiger partial charge in [-0.2, -0.15) is 0 Å². The topological polar surface area (TPSA) is 91.7 Å². The Balaban J connectivity index is 1.62. The van der Waals surface area contributed by atoms with Crippen molar-refractivity contribution < 1.29 is 18.8 Å². The summed E-state index contributed by atoms with van der Waals surface area (Å²) in [6.45, 7) is 1.55. The first-order valence-corrected chi connectivity index (χ1v) is 12.5. The van der Waals surface area contributed by atoms with Crippen LogP contribution in [0.2, 0.25) is 0 Å². The minimum Gasteiger partial charge on any atom is -0.464 e. The normalized spacial score (nSPS) is 14.9. The summed E-state index contributed by atoms with van der Waals surface area (Å²) < 4.78 is 5.85. The van der Waals surface area contributed by atoms with Crippen molar-refractivity contribution in [3.05, 3.63) is 76.4 Å². The predicted octanol–water partition coefficient (Wildman–Crippen LogP) is 4.60. The zero-order valence-electron chi connectivity index (χ0n) is 19.2. The number of carbonyl (C=O) groups excluding carboxylic acids is 3. The summed E-state index contributed by atoms with van der Waals surface area (Å²) in [6.07, 6.45) is 5.17. The molecule has 2 aromatic heterocycles. The van der Waals surface area contributed by atoms with Gasteiger partial charge >= 0.3 is 0 Å². The highest BCUT2D eigenvalue weighted by molar-refractivity contribution is 7.12. The molecule has 178 valence electrons. The summed E-state index contributed by atoms with van der Waals surface area (Å²) >= 11 is 1.30.